The molecule has 0 heterocycles. The minimum absolute atomic E-state index is 0.0123. The molecule has 0 aromatic heterocycles. The van der Waals surface area contributed by atoms with Gasteiger partial charge in [-0.1, -0.05) is 218 Å². The largest absolute Gasteiger partial charge is 0.298 e. The Morgan fingerprint density at radius 2 is 0.242 bits per heavy atom. The Kier molecular flexibility index (Phi) is 13.8. The molecule has 124 heavy (non-hydrogen) atoms. The van der Waals surface area contributed by atoms with Crippen molar-refractivity contribution in [3.05, 3.63) is 462 Å². The van der Waals surface area contributed by atoms with Gasteiger partial charge in [-0.05, 0) is 341 Å². The fourth-order valence-corrected chi connectivity index (χ4v) is 25.2. The zero-order chi connectivity index (χ0) is 81.8. The molecule has 7 nitrogen and oxygen atoms in total. The summed E-state index contributed by atoms with van der Waals surface area (Å²) in [4.78, 5) is 89.0. The molecular formula is C117H70O7. The minimum Gasteiger partial charge on any atom is -0.298 e. The maximum Gasteiger partial charge on any atom is 0.156 e. The Morgan fingerprint density at radius 3 is 0.435 bits per heavy atom. The van der Waals surface area contributed by atoms with Gasteiger partial charge in [-0.2, -0.15) is 0 Å². The van der Waals surface area contributed by atoms with Crippen molar-refractivity contribution in [1.82, 2.24) is 0 Å². The number of ketones is 7. The normalized spacial score (nSPS) is 24.1. The molecule has 7 heteroatoms. The van der Waals surface area contributed by atoms with Crippen molar-refractivity contribution in [1.29, 1.82) is 0 Å². The number of allylic oxidation sites excluding steroid dienone is 6. The van der Waals surface area contributed by atoms with Crippen molar-refractivity contribution in [2.75, 3.05) is 0 Å². The summed E-state index contributed by atoms with van der Waals surface area (Å²) in [6, 6.07) is 107. The second-order valence-electron chi connectivity index (χ2n) is 36.7. The summed E-state index contributed by atoms with van der Waals surface area (Å²) in [6.45, 7) is 0. The Labute approximate surface area is 711 Å². The molecule has 18 aromatic rings. The monoisotopic (exact) mass is 1590 g/mol. The second-order valence-corrected chi connectivity index (χ2v) is 36.7. The predicted octanol–water partition coefficient (Wildman–Crippen LogP) is 24.4. The molecule has 0 aliphatic heterocycles. The number of carbonyl (C=O) groups is 7. The summed E-state index contributed by atoms with van der Waals surface area (Å²) in [5.41, 5.74) is 26.0. The SMILES string of the molecule is O=C1C2C=CC1c1cc3cc4cc5c(cc4cc3cc12)C1C=C[C@H]5C1=O.O=C1C2C=C[C@@H]1c1cc3cc4cc5ccccc5cc4cc3cc12.O=C1C2c3cc4ccccc4cc3C1c1cc3ccccc3cc12.O=C1C2c3ccccc3C1c1cc3c(cc12)C1C(=O)[C@@H]3c2ccccc21.O=C1C2c3ccccc3[C@@H]1c1cc3cc4ccccc4cc3cc12. The van der Waals surface area contributed by atoms with Gasteiger partial charge in [-0.3, -0.25) is 33.6 Å². The van der Waals surface area contributed by atoms with Crippen LogP contribution in [0, 0.1) is 0 Å². The van der Waals surface area contributed by atoms with E-state index in [1.165, 1.54) is 175 Å². The molecule has 0 spiro atoms. The van der Waals surface area contributed by atoms with Gasteiger partial charge in [0.15, 0.2) is 40.5 Å². The van der Waals surface area contributed by atoms with Gasteiger partial charge in [0.05, 0.1) is 82.9 Å². The van der Waals surface area contributed by atoms with Gasteiger partial charge in [0.2, 0.25) is 0 Å². The fourth-order valence-electron chi connectivity index (χ4n) is 25.2. The molecule has 14 bridgehead atoms. The first kappa shape index (κ1) is 68.9. The summed E-state index contributed by atoms with van der Waals surface area (Å²) in [6.07, 6.45) is 12.3. The van der Waals surface area contributed by atoms with Gasteiger partial charge in [0.1, 0.15) is 0 Å². The molecule has 14 aliphatic rings. The van der Waals surface area contributed by atoms with E-state index in [9.17, 15) is 33.6 Å². The smallest absolute Gasteiger partial charge is 0.156 e. The molecule has 0 radical (unpaired) electrons. The zero-order valence-corrected chi connectivity index (χ0v) is 66.8. The van der Waals surface area contributed by atoms with Crippen molar-refractivity contribution in [3.8, 4) is 0 Å². The molecular weight excluding hydrogens is 1520 g/mol. The van der Waals surface area contributed by atoms with E-state index in [-0.39, 0.29) is 82.9 Å². The van der Waals surface area contributed by atoms with Crippen molar-refractivity contribution in [3.63, 3.8) is 0 Å². The predicted molar refractivity (Wildman–Crippen MR) is 489 cm³/mol. The first-order valence-corrected chi connectivity index (χ1v) is 43.6. The fraction of sp³-hybridized carbons (Fsp3) is 0.120. The van der Waals surface area contributed by atoms with Crippen molar-refractivity contribution < 1.29 is 33.6 Å². The summed E-state index contributed by atoms with van der Waals surface area (Å²) in [7, 11) is 0. The van der Waals surface area contributed by atoms with E-state index in [2.05, 4.69) is 279 Å². The van der Waals surface area contributed by atoms with E-state index in [4.69, 9.17) is 0 Å². The number of hydrogen-bond acceptors (Lipinski definition) is 7. The highest BCUT2D eigenvalue weighted by Crippen LogP contribution is 2.62. The highest BCUT2D eigenvalue weighted by atomic mass is 16.2. The van der Waals surface area contributed by atoms with E-state index in [1.807, 2.05) is 60.7 Å². The summed E-state index contributed by atoms with van der Waals surface area (Å²) in [5, 5.41) is 22.0. The van der Waals surface area contributed by atoms with Gasteiger partial charge in [0, 0.05) is 0 Å². The lowest BCUT2D eigenvalue weighted by Crippen LogP contribution is -2.08. The highest BCUT2D eigenvalue weighted by Gasteiger charge is 2.56. The molecule has 580 valence electrons. The molecule has 0 saturated heterocycles. The number of carbonyl (C=O) groups excluding carboxylic acids is 7. The van der Waals surface area contributed by atoms with Crippen LogP contribution in [-0.2, 0) is 33.6 Å². The Hall–Kier alpha value is -14.8. The number of Topliss-reactive ketones (excluding diaryl/α,β-unsaturated/α-hetero) is 7. The molecule has 0 N–H and O–H groups in total. The van der Waals surface area contributed by atoms with E-state index in [0.717, 1.165) is 44.5 Å². The van der Waals surface area contributed by atoms with Crippen LogP contribution < -0.4 is 0 Å². The number of hydrogen-bond donors (Lipinski definition) is 0. The molecule has 0 saturated carbocycles. The average molecular weight is 1590 g/mol. The van der Waals surface area contributed by atoms with Gasteiger partial charge >= 0.3 is 0 Å². The van der Waals surface area contributed by atoms with Crippen LogP contribution in [0.25, 0.3) is 97.0 Å². The molecule has 14 aliphatic carbocycles. The quantitative estimate of drug-likeness (QED) is 0.110. The lowest BCUT2D eigenvalue weighted by atomic mass is 9.79. The minimum atomic E-state index is -0.138. The van der Waals surface area contributed by atoms with Crippen molar-refractivity contribution in [2.45, 2.75) is 82.9 Å². The molecule has 12 atom stereocenters. The van der Waals surface area contributed by atoms with Crippen LogP contribution in [0.2, 0.25) is 0 Å². The first-order chi connectivity index (χ1) is 60.8. The van der Waals surface area contributed by atoms with Crippen LogP contribution >= 0.6 is 0 Å². The van der Waals surface area contributed by atoms with Crippen LogP contribution in [0.5, 0.6) is 0 Å². The second kappa shape index (κ2) is 24.7. The Bertz CT molecular complexity index is 7610. The van der Waals surface area contributed by atoms with Crippen molar-refractivity contribution in [2.24, 2.45) is 0 Å². The summed E-state index contributed by atoms with van der Waals surface area (Å²) < 4.78 is 0. The molecule has 8 unspecified atom stereocenters. The third-order valence-electron chi connectivity index (χ3n) is 30.7. The van der Waals surface area contributed by atoms with Gasteiger partial charge in [0.25, 0.3) is 0 Å². The van der Waals surface area contributed by atoms with Crippen LogP contribution in [0.3, 0.4) is 0 Å². The van der Waals surface area contributed by atoms with E-state index < -0.39 is 0 Å². The topological polar surface area (TPSA) is 119 Å². The maximum absolute atomic E-state index is 13.0. The number of benzene rings is 18. The van der Waals surface area contributed by atoms with Crippen LogP contribution in [0.15, 0.2) is 340 Å². The van der Waals surface area contributed by atoms with Gasteiger partial charge < -0.3 is 0 Å². The molecule has 0 fully saturated rings. The lowest BCUT2D eigenvalue weighted by Gasteiger charge is -2.23. The van der Waals surface area contributed by atoms with Crippen LogP contribution in [-0.4, -0.2) is 40.5 Å². The standard InChI is InChI=1S/2C24H14O2.3C23H14O/c25-23-15-1-2-16(23)20-8-12-6-14-10-22-18-4-3-17(24(18)26)21(22)9-13(14)5-11(12)7-19(15)20;25-23-19-11-5-1-2-6-12(11)20(23)16-10-18-17(9-15(16)19)21-13-7-3-4-8-14(13)22(18)24(21)26;24-23-21-17-7-3-4-8-18(17)22(23)20-12-16-10-14-6-2-1-5-13(14)9-15(16)11-19(20)21;24-23-21-17-9-13-5-1-2-6-14(13)10-18(17)22(23)20-12-16-8-4-3-7-15(16)11-19(20)21;24-23-19-5-6-20(23)22-12-18-10-16-8-14-4-2-1-3-13(14)7-15(16)9-17(18)11-21(19)22/h1-10,15-18H;1-10,19-22H;2*1-12,21-22H;1-12,19-20H/t15-,16?,17?,18?;19-,20?,21?,22?;21-,22?;;19-,20?/m111.1/s1. The van der Waals surface area contributed by atoms with Gasteiger partial charge in [-0.25, -0.2) is 0 Å². The maximum atomic E-state index is 13.0. The van der Waals surface area contributed by atoms with Crippen LogP contribution in [0.4, 0.5) is 0 Å². The van der Waals surface area contributed by atoms with Crippen molar-refractivity contribution >= 4 is 137 Å². The first-order valence-electron chi connectivity index (χ1n) is 43.6. The third kappa shape index (κ3) is 9.27. The Balaban J connectivity index is 0.0000000793. The number of rotatable bonds is 0. The molecule has 32 rings (SSSR count). The summed E-state index contributed by atoms with van der Waals surface area (Å²) >= 11 is 0. The molecule has 18 aromatic carbocycles. The third-order valence-corrected chi connectivity index (χ3v) is 30.7. The van der Waals surface area contributed by atoms with E-state index in [0.29, 0.717) is 40.5 Å². The Morgan fingerprint density at radius 1 is 0.113 bits per heavy atom. The van der Waals surface area contributed by atoms with E-state index >= 15 is 0 Å². The van der Waals surface area contributed by atoms with Gasteiger partial charge in [-0.15, -0.1) is 0 Å². The number of fused-ring (bicyclic) bond motifs is 56. The summed E-state index contributed by atoms with van der Waals surface area (Å²) in [5.74, 6) is 1.27. The zero-order valence-electron chi connectivity index (χ0n) is 66.8. The average Bonchev–Trinajstić information content (AvgIpc) is 1.49. The highest BCUT2D eigenvalue weighted by molar-refractivity contribution is 6.15. The van der Waals surface area contributed by atoms with Crippen LogP contribution in [0.1, 0.15) is 205 Å². The van der Waals surface area contributed by atoms with E-state index in [1.54, 1.807) is 0 Å². The lowest BCUT2D eigenvalue weighted by molar-refractivity contribution is -0.119. The molecule has 0 amide bonds.